The summed E-state index contributed by atoms with van der Waals surface area (Å²) in [5.74, 6) is -0.856. The van der Waals surface area contributed by atoms with Crippen LogP contribution in [0.2, 0.25) is 0 Å². The molecule has 1 aliphatic carbocycles. The van der Waals surface area contributed by atoms with Gasteiger partial charge in [0.15, 0.2) is 0 Å². The highest BCUT2D eigenvalue weighted by atomic mass is 19.4. The minimum atomic E-state index is -4.62. The highest BCUT2D eigenvalue weighted by molar-refractivity contribution is 6.07. The lowest BCUT2D eigenvalue weighted by molar-refractivity contribution is -0.138. The lowest BCUT2D eigenvalue weighted by atomic mass is 9.86. The Kier molecular flexibility index (Phi) is 5.55. The van der Waals surface area contributed by atoms with E-state index < -0.39 is 46.4 Å². The molecular formula is C26H22F3N3O6. The average molecular weight is 529 g/mol. The zero-order chi connectivity index (χ0) is 27.7. The Labute approximate surface area is 213 Å². The van der Waals surface area contributed by atoms with Gasteiger partial charge in [-0.2, -0.15) is 13.2 Å². The molecule has 38 heavy (non-hydrogen) atoms. The standard InChI is InChI=1S/C26H22F3N3O6/c1-25(2)17-11-13(7-9-19(17)30(3)22(25)34)31-12-20(38-24(36)37)21(33)32(23(31)35)18-10-8-14-15(18)5-4-6-16(14)26(27,28)29/h4-7,9,11-12,18H,8,10H2,1-3H3,(H,36,37)/t18-/m1/s1. The number of carbonyl (C=O) groups is 2. The van der Waals surface area contributed by atoms with Crippen LogP contribution in [0.3, 0.4) is 0 Å². The molecule has 2 aliphatic rings. The Hall–Kier alpha value is -4.35. The minimum Gasteiger partial charge on any atom is -0.449 e. The van der Waals surface area contributed by atoms with Gasteiger partial charge in [0, 0.05) is 12.7 Å². The van der Waals surface area contributed by atoms with E-state index in [9.17, 15) is 37.5 Å². The number of fused-ring (bicyclic) bond motifs is 2. The van der Waals surface area contributed by atoms with Gasteiger partial charge < -0.3 is 14.7 Å². The summed E-state index contributed by atoms with van der Waals surface area (Å²) in [6.45, 7) is 3.44. The number of hydrogen-bond acceptors (Lipinski definition) is 5. The largest absolute Gasteiger partial charge is 0.511 e. The molecule has 1 aliphatic heterocycles. The summed E-state index contributed by atoms with van der Waals surface area (Å²) in [6.07, 6.45) is -5.50. The first-order valence-corrected chi connectivity index (χ1v) is 11.6. The van der Waals surface area contributed by atoms with Crippen molar-refractivity contribution >= 4 is 17.7 Å². The maximum Gasteiger partial charge on any atom is 0.511 e. The van der Waals surface area contributed by atoms with Crippen LogP contribution in [0.25, 0.3) is 5.69 Å². The first-order valence-electron chi connectivity index (χ1n) is 11.6. The van der Waals surface area contributed by atoms with Crippen molar-refractivity contribution in [2.24, 2.45) is 0 Å². The van der Waals surface area contributed by atoms with Crippen LogP contribution >= 0.6 is 0 Å². The molecular weight excluding hydrogens is 507 g/mol. The summed E-state index contributed by atoms with van der Waals surface area (Å²) >= 11 is 0. The molecule has 0 radical (unpaired) electrons. The molecule has 12 heteroatoms. The Balaban J connectivity index is 1.74. The highest BCUT2D eigenvalue weighted by Gasteiger charge is 2.43. The maximum atomic E-state index is 13.7. The summed E-state index contributed by atoms with van der Waals surface area (Å²) in [7, 11) is 1.62. The van der Waals surface area contributed by atoms with Gasteiger partial charge in [0.2, 0.25) is 11.7 Å². The number of nitrogens with zero attached hydrogens (tertiary/aromatic N) is 3. The molecule has 0 saturated heterocycles. The zero-order valence-electron chi connectivity index (χ0n) is 20.5. The van der Waals surface area contributed by atoms with Crippen molar-refractivity contribution in [2.45, 2.75) is 44.3 Å². The second-order valence-corrected chi connectivity index (χ2v) is 9.81. The van der Waals surface area contributed by atoms with Crippen LogP contribution in [0.1, 0.15) is 48.6 Å². The smallest absolute Gasteiger partial charge is 0.449 e. The predicted molar refractivity (Wildman–Crippen MR) is 129 cm³/mol. The van der Waals surface area contributed by atoms with E-state index in [1.165, 1.54) is 23.1 Å². The number of carboxylic acid groups (broad SMARTS) is 1. The van der Waals surface area contributed by atoms with Crippen LogP contribution in [0.5, 0.6) is 5.75 Å². The van der Waals surface area contributed by atoms with Crippen LogP contribution in [-0.2, 0) is 22.8 Å². The molecule has 1 amide bonds. The van der Waals surface area contributed by atoms with Crippen LogP contribution in [-0.4, -0.2) is 33.4 Å². The molecule has 1 aromatic heterocycles. The summed E-state index contributed by atoms with van der Waals surface area (Å²) in [6, 6.07) is 7.22. The molecule has 2 heterocycles. The fourth-order valence-corrected chi connectivity index (χ4v) is 5.45. The molecule has 3 aromatic rings. The highest BCUT2D eigenvalue weighted by Crippen LogP contribution is 2.43. The van der Waals surface area contributed by atoms with Crippen molar-refractivity contribution < 1.29 is 32.6 Å². The summed E-state index contributed by atoms with van der Waals surface area (Å²) in [5, 5.41) is 9.19. The van der Waals surface area contributed by atoms with E-state index in [0.717, 1.165) is 21.4 Å². The number of ether oxygens (including phenoxy) is 1. The van der Waals surface area contributed by atoms with Crippen LogP contribution in [0, 0.1) is 0 Å². The quantitative estimate of drug-likeness (QED) is 0.516. The number of aromatic nitrogens is 2. The molecule has 0 unspecified atom stereocenters. The maximum absolute atomic E-state index is 13.7. The average Bonchev–Trinajstić information content (AvgIpc) is 3.33. The molecule has 0 bridgehead atoms. The van der Waals surface area contributed by atoms with E-state index in [2.05, 4.69) is 4.74 Å². The Morgan fingerprint density at radius 3 is 2.50 bits per heavy atom. The summed E-state index contributed by atoms with van der Waals surface area (Å²) < 4.78 is 47.2. The van der Waals surface area contributed by atoms with E-state index in [4.69, 9.17) is 0 Å². The van der Waals surface area contributed by atoms with Crippen molar-refractivity contribution in [3.05, 3.63) is 85.7 Å². The fraction of sp³-hybridized carbons (Fsp3) is 0.308. The van der Waals surface area contributed by atoms with Crippen LogP contribution in [0.15, 0.2) is 52.2 Å². The minimum absolute atomic E-state index is 0.0185. The fourth-order valence-electron chi connectivity index (χ4n) is 5.45. The van der Waals surface area contributed by atoms with E-state index in [1.807, 2.05) is 0 Å². The Morgan fingerprint density at radius 2 is 1.84 bits per heavy atom. The third-order valence-electron chi connectivity index (χ3n) is 7.27. The number of halogens is 3. The lowest BCUT2D eigenvalue weighted by Gasteiger charge is -2.20. The van der Waals surface area contributed by atoms with Gasteiger partial charge in [-0.3, -0.25) is 14.2 Å². The van der Waals surface area contributed by atoms with Crippen molar-refractivity contribution in [1.82, 2.24) is 9.13 Å². The molecule has 2 aromatic carbocycles. The molecule has 0 spiro atoms. The van der Waals surface area contributed by atoms with E-state index in [0.29, 0.717) is 11.3 Å². The van der Waals surface area contributed by atoms with Crippen molar-refractivity contribution in [3.63, 3.8) is 0 Å². The lowest BCUT2D eigenvalue weighted by Crippen LogP contribution is -2.42. The van der Waals surface area contributed by atoms with E-state index >= 15 is 0 Å². The Bertz CT molecular complexity index is 1640. The topological polar surface area (TPSA) is 111 Å². The SMILES string of the molecule is CN1C(=O)C(C)(C)c2cc(-n3cc(OC(=O)O)c(=O)n([C@@H]4CCc5c4cccc5C(F)(F)F)c3=O)ccc21. The van der Waals surface area contributed by atoms with Gasteiger partial charge in [-0.15, -0.1) is 0 Å². The summed E-state index contributed by atoms with van der Waals surface area (Å²) in [4.78, 5) is 52.5. The van der Waals surface area contributed by atoms with Gasteiger partial charge in [0.1, 0.15) is 0 Å². The van der Waals surface area contributed by atoms with Gasteiger partial charge >= 0.3 is 18.0 Å². The number of hydrogen-bond donors (Lipinski definition) is 1. The molecule has 1 atom stereocenters. The van der Waals surface area contributed by atoms with Crippen molar-refractivity contribution in [1.29, 1.82) is 0 Å². The number of carbonyl (C=O) groups excluding carboxylic acids is 1. The first kappa shape index (κ1) is 25.3. The number of benzene rings is 2. The molecule has 1 N–H and O–H groups in total. The normalized spacial score (nSPS) is 17.9. The molecule has 5 rings (SSSR count). The van der Waals surface area contributed by atoms with E-state index in [-0.39, 0.29) is 35.6 Å². The van der Waals surface area contributed by atoms with Gasteiger partial charge in [0.25, 0.3) is 5.56 Å². The van der Waals surface area contributed by atoms with Crippen molar-refractivity contribution in [3.8, 4) is 11.4 Å². The van der Waals surface area contributed by atoms with Crippen LogP contribution < -0.4 is 20.9 Å². The van der Waals surface area contributed by atoms with Gasteiger partial charge in [-0.25, -0.2) is 14.2 Å². The van der Waals surface area contributed by atoms with Crippen molar-refractivity contribution in [2.75, 3.05) is 11.9 Å². The van der Waals surface area contributed by atoms with E-state index in [1.54, 1.807) is 33.0 Å². The number of rotatable bonds is 3. The van der Waals surface area contributed by atoms with Gasteiger partial charge in [-0.1, -0.05) is 12.1 Å². The molecule has 9 nitrogen and oxygen atoms in total. The number of likely N-dealkylation sites (N-methyl/N-ethyl adjacent to an activating group) is 1. The number of alkyl halides is 3. The van der Waals surface area contributed by atoms with Gasteiger partial charge in [-0.05, 0) is 67.6 Å². The molecule has 198 valence electrons. The van der Waals surface area contributed by atoms with Gasteiger partial charge in [0.05, 0.1) is 28.9 Å². The second-order valence-electron chi connectivity index (χ2n) is 9.81. The first-order chi connectivity index (χ1) is 17.7. The molecule has 0 saturated carbocycles. The predicted octanol–water partition coefficient (Wildman–Crippen LogP) is 3.86. The van der Waals surface area contributed by atoms with Crippen LogP contribution in [0.4, 0.5) is 23.7 Å². The third kappa shape index (κ3) is 3.70. The number of anilines is 1. The summed E-state index contributed by atoms with van der Waals surface area (Å²) in [5.41, 5.74) is -2.16. The second kappa shape index (κ2) is 8.33. The third-order valence-corrected chi connectivity index (χ3v) is 7.27. The number of amides is 1. The molecule has 0 fully saturated rings. The zero-order valence-corrected chi connectivity index (χ0v) is 20.5. The monoisotopic (exact) mass is 529 g/mol. The Morgan fingerprint density at radius 1 is 1.13 bits per heavy atom.